The highest BCUT2D eigenvalue weighted by Crippen LogP contribution is 2.25. The minimum Gasteiger partial charge on any atom is -0.493 e. The number of halogens is 1. The van der Waals surface area contributed by atoms with Gasteiger partial charge in [0.1, 0.15) is 12.4 Å². The van der Waals surface area contributed by atoms with Crippen molar-refractivity contribution in [2.24, 2.45) is 0 Å². The number of hydrogen-bond acceptors (Lipinski definition) is 3. The molecular formula is C17H20FNO2. The summed E-state index contributed by atoms with van der Waals surface area (Å²) < 4.78 is 24.0. The van der Waals surface area contributed by atoms with Gasteiger partial charge in [-0.1, -0.05) is 24.3 Å². The molecule has 0 saturated heterocycles. The zero-order valence-corrected chi connectivity index (χ0v) is 12.3. The maximum absolute atomic E-state index is 13.2. The first-order valence-corrected chi connectivity index (χ1v) is 6.95. The highest BCUT2D eigenvalue weighted by atomic mass is 19.1. The molecule has 0 spiro atoms. The zero-order valence-electron chi connectivity index (χ0n) is 12.3. The van der Waals surface area contributed by atoms with Crippen LogP contribution in [0.5, 0.6) is 11.5 Å². The molecule has 0 fully saturated rings. The Morgan fingerprint density at radius 3 is 2.57 bits per heavy atom. The van der Waals surface area contributed by atoms with Crippen molar-refractivity contribution in [1.29, 1.82) is 0 Å². The molecule has 0 radical (unpaired) electrons. The molecule has 0 aromatic heterocycles. The van der Waals surface area contributed by atoms with E-state index >= 15 is 0 Å². The fourth-order valence-electron chi connectivity index (χ4n) is 2.07. The molecule has 0 bridgehead atoms. The molecule has 3 nitrogen and oxygen atoms in total. The Morgan fingerprint density at radius 1 is 1.10 bits per heavy atom. The SMILES string of the molecule is COc1ccccc1OCCN[C@@H](C)c1cccc(F)c1. The van der Waals surface area contributed by atoms with E-state index in [4.69, 9.17) is 9.47 Å². The monoisotopic (exact) mass is 289 g/mol. The Kier molecular flexibility index (Phi) is 5.58. The minimum absolute atomic E-state index is 0.0713. The molecular weight excluding hydrogens is 269 g/mol. The first-order valence-electron chi connectivity index (χ1n) is 6.95. The molecule has 4 heteroatoms. The van der Waals surface area contributed by atoms with Crippen LogP contribution in [-0.4, -0.2) is 20.3 Å². The van der Waals surface area contributed by atoms with Crippen LogP contribution in [0.25, 0.3) is 0 Å². The molecule has 1 N–H and O–H groups in total. The van der Waals surface area contributed by atoms with Gasteiger partial charge in [-0.15, -0.1) is 0 Å². The van der Waals surface area contributed by atoms with Gasteiger partial charge < -0.3 is 14.8 Å². The van der Waals surface area contributed by atoms with Crippen LogP contribution >= 0.6 is 0 Å². The third kappa shape index (κ3) is 4.46. The van der Waals surface area contributed by atoms with E-state index in [0.29, 0.717) is 13.2 Å². The number of hydrogen-bond donors (Lipinski definition) is 1. The summed E-state index contributed by atoms with van der Waals surface area (Å²) in [6.45, 7) is 3.17. The largest absolute Gasteiger partial charge is 0.493 e. The Morgan fingerprint density at radius 2 is 1.86 bits per heavy atom. The van der Waals surface area contributed by atoms with E-state index < -0.39 is 0 Å². The molecule has 0 aliphatic heterocycles. The molecule has 0 saturated carbocycles. The molecule has 0 unspecified atom stereocenters. The number of ether oxygens (including phenoxy) is 2. The van der Waals surface area contributed by atoms with Crippen molar-refractivity contribution >= 4 is 0 Å². The summed E-state index contributed by atoms with van der Waals surface area (Å²) in [6, 6.07) is 14.2. The van der Waals surface area contributed by atoms with Gasteiger partial charge in [0.2, 0.25) is 0 Å². The van der Waals surface area contributed by atoms with Crippen LogP contribution in [0.3, 0.4) is 0 Å². The summed E-state index contributed by atoms with van der Waals surface area (Å²) >= 11 is 0. The molecule has 21 heavy (non-hydrogen) atoms. The van der Waals surface area contributed by atoms with E-state index in [2.05, 4.69) is 5.32 Å². The van der Waals surface area contributed by atoms with Crippen molar-refractivity contribution in [2.75, 3.05) is 20.3 Å². The van der Waals surface area contributed by atoms with Crippen molar-refractivity contribution < 1.29 is 13.9 Å². The lowest BCUT2D eigenvalue weighted by molar-refractivity contribution is 0.287. The van der Waals surface area contributed by atoms with Crippen molar-refractivity contribution in [3.63, 3.8) is 0 Å². The highest BCUT2D eigenvalue weighted by Gasteiger charge is 2.06. The predicted molar refractivity (Wildman–Crippen MR) is 81.3 cm³/mol. The quantitative estimate of drug-likeness (QED) is 0.791. The summed E-state index contributed by atoms with van der Waals surface area (Å²) in [4.78, 5) is 0. The molecule has 0 heterocycles. The molecule has 1 atom stereocenters. The first kappa shape index (κ1) is 15.3. The Balaban J connectivity index is 1.79. The summed E-state index contributed by atoms with van der Waals surface area (Å²) in [7, 11) is 1.62. The number of rotatable bonds is 7. The molecule has 112 valence electrons. The molecule has 2 rings (SSSR count). The second kappa shape index (κ2) is 7.64. The van der Waals surface area contributed by atoms with E-state index in [0.717, 1.165) is 17.1 Å². The van der Waals surface area contributed by atoms with Crippen LogP contribution in [0.15, 0.2) is 48.5 Å². The van der Waals surface area contributed by atoms with Crippen LogP contribution < -0.4 is 14.8 Å². The van der Waals surface area contributed by atoms with Gasteiger partial charge in [0, 0.05) is 12.6 Å². The van der Waals surface area contributed by atoms with E-state index in [1.165, 1.54) is 6.07 Å². The number of para-hydroxylation sites is 2. The van der Waals surface area contributed by atoms with Crippen LogP contribution in [0.4, 0.5) is 4.39 Å². The van der Waals surface area contributed by atoms with Crippen molar-refractivity contribution in [2.45, 2.75) is 13.0 Å². The molecule has 2 aromatic carbocycles. The highest BCUT2D eigenvalue weighted by molar-refractivity contribution is 5.39. The van der Waals surface area contributed by atoms with Crippen LogP contribution in [0.1, 0.15) is 18.5 Å². The van der Waals surface area contributed by atoms with E-state index in [1.54, 1.807) is 19.2 Å². The van der Waals surface area contributed by atoms with Crippen LogP contribution in [0.2, 0.25) is 0 Å². The van der Waals surface area contributed by atoms with Gasteiger partial charge in [-0.3, -0.25) is 0 Å². The first-order chi connectivity index (χ1) is 10.2. The summed E-state index contributed by atoms with van der Waals surface area (Å²) in [5, 5.41) is 3.30. The number of benzene rings is 2. The molecule has 2 aromatic rings. The minimum atomic E-state index is -0.216. The summed E-state index contributed by atoms with van der Waals surface area (Å²) in [5.41, 5.74) is 0.923. The summed E-state index contributed by atoms with van der Waals surface area (Å²) in [6.07, 6.45) is 0. The standard InChI is InChI=1S/C17H20FNO2/c1-13(14-6-5-7-15(18)12-14)19-10-11-21-17-9-4-3-8-16(17)20-2/h3-9,12-13,19H,10-11H2,1-2H3/t13-/m0/s1. The van der Waals surface area contributed by atoms with Crippen molar-refractivity contribution in [1.82, 2.24) is 5.32 Å². The number of nitrogens with one attached hydrogen (secondary N) is 1. The fraction of sp³-hybridized carbons (Fsp3) is 0.294. The smallest absolute Gasteiger partial charge is 0.161 e. The van der Waals surface area contributed by atoms with Gasteiger partial charge in [0.15, 0.2) is 11.5 Å². The maximum Gasteiger partial charge on any atom is 0.161 e. The average molecular weight is 289 g/mol. The van der Waals surface area contributed by atoms with E-state index in [-0.39, 0.29) is 11.9 Å². The Bertz CT molecular complexity index is 574. The lowest BCUT2D eigenvalue weighted by Gasteiger charge is -2.15. The average Bonchev–Trinajstić information content (AvgIpc) is 2.51. The topological polar surface area (TPSA) is 30.5 Å². The molecule has 0 amide bonds. The van der Waals surface area contributed by atoms with E-state index in [1.807, 2.05) is 37.3 Å². The zero-order chi connectivity index (χ0) is 15.1. The van der Waals surface area contributed by atoms with Gasteiger partial charge in [0.25, 0.3) is 0 Å². The van der Waals surface area contributed by atoms with Crippen LogP contribution in [0, 0.1) is 5.82 Å². The number of methoxy groups -OCH3 is 1. The lowest BCUT2D eigenvalue weighted by atomic mass is 10.1. The lowest BCUT2D eigenvalue weighted by Crippen LogP contribution is -2.24. The Labute approximate surface area is 124 Å². The predicted octanol–water partition coefficient (Wildman–Crippen LogP) is 3.56. The van der Waals surface area contributed by atoms with Crippen LogP contribution in [-0.2, 0) is 0 Å². The van der Waals surface area contributed by atoms with Gasteiger partial charge in [-0.25, -0.2) is 4.39 Å². The third-order valence-corrected chi connectivity index (χ3v) is 3.23. The maximum atomic E-state index is 13.2. The second-order valence-electron chi connectivity index (χ2n) is 4.73. The second-order valence-corrected chi connectivity index (χ2v) is 4.73. The Hall–Kier alpha value is -2.07. The van der Waals surface area contributed by atoms with Gasteiger partial charge >= 0.3 is 0 Å². The fourth-order valence-corrected chi connectivity index (χ4v) is 2.07. The van der Waals surface area contributed by atoms with Gasteiger partial charge in [0.05, 0.1) is 7.11 Å². The van der Waals surface area contributed by atoms with Crippen molar-refractivity contribution in [3.8, 4) is 11.5 Å². The van der Waals surface area contributed by atoms with Gasteiger partial charge in [-0.2, -0.15) is 0 Å². The molecule has 0 aliphatic rings. The van der Waals surface area contributed by atoms with E-state index in [9.17, 15) is 4.39 Å². The normalized spacial score (nSPS) is 12.0. The van der Waals surface area contributed by atoms with Gasteiger partial charge in [-0.05, 0) is 36.8 Å². The third-order valence-electron chi connectivity index (χ3n) is 3.23. The molecule has 0 aliphatic carbocycles. The van der Waals surface area contributed by atoms with Crippen molar-refractivity contribution in [3.05, 3.63) is 59.9 Å². The summed E-state index contributed by atoms with van der Waals surface area (Å²) in [5.74, 6) is 1.22.